The summed E-state index contributed by atoms with van der Waals surface area (Å²) in [5.41, 5.74) is -0.735. The monoisotopic (exact) mass is 397 g/mol. The number of aliphatic imine (C=N–C) groups is 1. The second kappa shape index (κ2) is 8.34. The van der Waals surface area contributed by atoms with Crippen LogP contribution < -0.4 is 11.2 Å². The lowest BCUT2D eigenvalue weighted by Crippen LogP contribution is -2.32. The van der Waals surface area contributed by atoms with Gasteiger partial charge >= 0.3 is 11.7 Å². The van der Waals surface area contributed by atoms with Crippen molar-refractivity contribution in [2.24, 2.45) is 4.99 Å². The van der Waals surface area contributed by atoms with E-state index < -0.39 is 28.9 Å². The van der Waals surface area contributed by atoms with Crippen molar-refractivity contribution in [2.45, 2.75) is 6.54 Å². The molecule has 0 amide bonds. The maximum absolute atomic E-state index is 13.1. The number of nitrogens with one attached hydrogen (secondary N) is 1. The van der Waals surface area contributed by atoms with E-state index in [4.69, 9.17) is 0 Å². The van der Waals surface area contributed by atoms with E-state index in [2.05, 4.69) is 14.7 Å². The van der Waals surface area contributed by atoms with Gasteiger partial charge in [0.15, 0.2) is 0 Å². The summed E-state index contributed by atoms with van der Waals surface area (Å²) < 4.78 is 18.6. The number of rotatable bonds is 5. The third-order valence-electron chi connectivity index (χ3n) is 4.07. The number of aromatic amines is 1. The van der Waals surface area contributed by atoms with Crippen molar-refractivity contribution in [2.75, 3.05) is 7.11 Å². The van der Waals surface area contributed by atoms with Crippen LogP contribution in [0.25, 0.3) is 0 Å². The zero-order valence-corrected chi connectivity index (χ0v) is 15.3. The Hall–Kier alpha value is -4.01. The Morgan fingerprint density at radius 3 is 2.66 bits per heavy atom. The van der Waals surface area contributed by atoms with Crippen molar-refractivity contribution in [1.82, 2.24) is 9.55 Å². The second-order valence-corrected chi connectivity index (χ2v) is 6.01. The van der Waals surface area contributed by atoms with E-state index in [1.165, 1.54) is 43.5 Å². The molecule has 0 fully saturated rings. The molecule has 0 spiro atoms. The molecule has 0 aliphatic carbocycles. The summed E-state index contributed by atoms with van der Waals surface area (Å²) in [5, 5.41) is 10.4. The number of aromatic nitrogens is 2. The summed E-state index contributed by atoms with van der Waals surface area (Å²) >= 11 is 0. The lowest BCUT2D eigenvalue weighted by Gasteiger charge is -2.09. The Morgan fingerprint density at radius 2 is 1.97 bits per heavy atom. The van der Waals surface area contributed by atoms with E-state index in [0.29, 0.717) is 11.3 Å². The fourth-order valence-electron chi connectivity index (χ4n) is 2.58. The highest BCUT2D eigenvalue weighted by atomic mass is 19.1. The van der Waals surface area contributed by atoms with Crippen molar-refractivity contribution >= 4 is 17.9 Å². The van der Waals surface area contributed by atoms with Crippen molar-refractivity contribution in [3.05, 3.63) is 91.9 Å². The number of ether oxygens (including phenoxy) is 1. The molecule has 0 aliphatic heterocycles. The van der Waals surface area contributed by atoms with Crippen LogP contribution in [-0.2, 0) is 11.3 Å². The highest BCUT2D eigenvalue weighted by molar-refractivity contribution is 5.91. The van der Waals surface area contributed by atoms with Gasteiger partial charge in [0.05, 0.1) is 24.9 Å². The van der Waals surface area contributed by atoms with Gasteiger partial charge in [-0.1, -0.05) is 18.2 Å². The van der Waals surface area contributed by atoms with Gasteiger partial charge in [-0.3, -0.25) is 19.3 Å². The highest BCUT2D eigenvalue weighted by Gasteiger charge is 2.13. The number of methoxy groups -OCH3 is 1. The van der Waals surface area contributed by atoms with Crippen LogP contribution in [0.1, 0.15) is 21.5 Å². The van der Waals surface area contributed by atoms with Crippen LogP contribution in [0.15, 0.2) is 63.1 Å². The molecule has 3 rings (SSSR count). The van der Waals surface area contributed by atoms with Gasteiger partial charge in [0.1, 0.15) is 11.4 Å². The first-order valence-corrected chi connectivity index (χ1v) is 8.42. The van der Waals surface area contributed by atoms with Crippen LogP contribution in [0.5, 0.6) is 5.88 Å². The van der Waals surface area contributed by atoms with E-state index in [1.807, 2.05) is 0 Å². The molecule has 1 aromatic heterocycles. The predicted octanol–water partition coefficient (Wildman–Crippen LogP) is 1.97. The number of hydrogen-bond donors (Lipinski definition) is 2. The van der Waals surface area contributed by atoms with Crippen LogP contribution in [-0.4, -0.2) is 34.0 Å². The molecule has 29 heavy (non-hydrogen) atoms. The van der Waals surface area contributed by atoms with Crippen LogP contribution >= 0.6 is 0 Å². The number of carbonyl (C=O) groups excluding carboxylic acids is 1. The number of nitrogens with zero attached hydrogens (tertiary/aromatic N) is 2. The number of benzene rings is 2. The van der Waals surface area contributed by atoms with Crippen LogP contribution in [0.3, 0.4) is 0 Å². The minimum atomic E-state index is -0.823. The maximum Gasteiger partial charge on any atom is 0.337 e. The molecule has 0 saturated carbocycles. The topological polar surface area (TPSA) is 114 Å². The fourth-order valence-corrected chi connectivity index (χ4v) is 2.58. The molecule has 8 nitrogen and oxygen atoms in total. The van der Waals surface area contributed by atoms with Gasteiger partial charge < -0.3 is 9.84 Å². The Kier molecular flexibility index (Phi) is 5.68. The fraction of sp³-hybridized carbons (Fsp3) is 0.100. The third-order valence-corrected chi connectivity index (χ3v) is 4.07. The molecule has 0 saturated heterocycles. The number of hydrogen-bond acceptors (Lipinski definition) is 6. The molecule has 9 heteroatoms. The molecule has 0 bridgehead atoms. The first kappa shape index (κ1) is 19.7. The number of halogens is 1. The highest BCUT2D eigenvalue weighted by Crippen LogP contribution is 2.17. The molecule has 148 valence electrons. The smallest absolute Gasteiger partial charge is 0.337 e. The van der Waals surface area contributed by atoms with E-state index in [1.54, 1.807) is 12.1 Å². The SMILES string of the molecule is COC(=O)c1cccc(N=Cc2c(O)n(Cc3ccc(F)cc3)c(=O)[nH]c2=O)c1. The van der Waals surface area contributed by atoms with Crippen LogP contribution in [0, 0.1) is 5.82 Å². The molecular weight excluding hydrogens is 381 g/mol. The second-order valence-electron chi connectivity index (χ2n) is 6.01. The van der Waals surface area contributed by atoms with Crippen molar-refractivity contribution < 1.29 is 19.0 Å². The lowest BCUT2D eigenvalue weighted by molar-refractivity contribution is 0.0600. The summed E-state index contributed by atoms with van der Waals surface area (Å²) in [5.74, 6) is -1.57. The summed E-state index contributed by atoms with van der Waals surface area (Å²) in [6, 6.07) is 11.5. The van der Waals surface area contributed by atoms with E-state index >= 15 is 0 Å². The Balaban J connectivity index is 1.97. The molecule has 0 unspecified atom stereocenters. The van der Waals surface area contributed by atoms with Crippen molar-refractivity contribution in [1.29, 1.82) is 0 Å². The maximum atomic E-state index is 13.1. The van der Waals surface area contributed by atoms with E-state index in [0.717, 1.165) is 10.8 Å². The first-order chi connectivity index (χ1) is 13.9. The summed E-state index contributed by atoms with van der Waals surface area (Å²) in [6.07, 6.45) is 1.09. The molecule has 2 N–H and O–H groups in total. The average molecular weight is 397 g/mol. The molecule has 0 atom stereocenters. The Bertz CT molecular complexity index is 1200. The predicted molar refractivity (Wildman–Crippen MR) is 104 cm³/mol. The molecule has 1 heterocycles. The molecular formula is C20H16FN3O5. The third kappa shape index (κ3) is 4.46. The summed E-state index contributed by atoms with van der Waals surface area (Å²) in [6.45, 7) is -0.0829. The largest absolute Gasteiger partial charge is 0.494 e. The zero-order valence-electron chi connectivity index (χ0n) is 15.3. The number of aromatic hydroxyl groups is 1. The lowest BCUT2D eigenvalue weighted by atomic mass is 10.2. The van der Waals surface area contributed by atoms with Gasteiger partial charge in [-0.15, -0.1) is 0 Å². The molecule has 3 aromatic rings. The quantitative estimate of drug-likeness (QED) is 0.505. The minimum Gasteiger partial charge on any atom is -0.494 e. The molecule has 2 aromatic carbocycles. The van der Waals surface area contributed by atoms with Gasteiger partial charge in [0, 0.05) is 6.21 Å². The standard InChI is InChI=1S/C20H16FN3O5/c1-29-19(27)13-3-2-4-15(9-13)22-10-16-17(25)23-20(28)24(18(16)26)11-12-5-7-14(21)8-6-12/h2-10,26H,11H2,1H3,(H,23,25,28). The zero-order chi connectivity index (χ0) is 21.0. The van der Waals surface area contributed by atoms with Gasteiger partial charge in [-0.25, -0.2) is 14.0 Å². The number of H-pyrrole nitrogens is 1. The van der Waals surface area contributed by atoms with E-state index in [-0.39, 0.29) is 17.7 Å². The molecule has 0 aliphatic rings. The first-order valence-electron chi connectivity index (χ1n) is 8.42. The molecule has 0 radical (unpaired) electrons. The van der Waals surface area contributed by atoms with Gasteiger partial charge in [-0.05, 0) is 35.9 Å². The van der Waals surface area contributed by atoms with Crippen molar-refractivity contribution in [3.8, 4) is 5.88 Å². The van der Waals surface area contributed by atoms with Crippen LogP contribution in [0.4, 0.5) is 10.1 Å². The number of esters is 1. The average Bonchev–Trinajstić information content (AvgIpc) is 2.72. The Labute approximate surface area is 163 Å². The van der Waals surface area contributed by atoms with Gasteiger partial charge in [-0.2, -0.15) is 0 Å². The normalized spacial score (nSPS) is 11.0. The summed E-state index contributed by atoms with van der Waals surface area (Å²) in [4.78, 5) is 42.0. The Morgan fingerprint density at radius 1 is 1.24 bits per heavy atom. The van der Waals surface area contributed by atoms with E-state index in [9.17, 15) is 23.9 Å². The minimum absolute atomic E-state index is 0.0829. The number of carbonyl (C=O) groups is 1. The summed E-state index contributed by atoms with van der Waals surface area (Å²) in [7, 11) is 1.25. The van der Waals surface area contributed by atoms with Crippen LogP contribution in [0.2, 0.25) is 0 Å². The van der Waals surface area contributed by atoms with Crippen molar-refractivity contribution in [3.63, 3.8) is 0 Å². The van der Waals surface area contributed by atoms with Gasteiger partial charge in [0.25, 0.3) is 5.56 Å². The van der Waals surface area contributed by atoms with Gasteiger partial charge in [0.2, 0.25) is 5.88 Å².